The molecule has 1 heterocycles. The first-order valence-corrected chi connectivity index (χ1v) is 9.35. The van der Waals surface area contributed by atoms with Gasteiger partial charge in [0.25, 0.3) is 0 Å². The maximum absolute atomic E-state index is 3.83. The van der Waals surface area contributed by atoms with Gasteiger partial charge in [-0.25, -0.2) is 0 Å². The second-order valence-corrected chi connectivity index (χ2v) is 7.57. The summed E-state index contributed by atoms with van der Waals surface area (Å²) >= 11 is 0. The first kappa shape index (κ1) is 18.0. The molecule has 4 atom stereocenters. The first-order chi connectivity index (χ1) is 9.59. The Hall–Kier alpha value is -0.0400. The van der Waals surface area contributed by atoms with E-state index < -0.39 is 0 Å². The quantitative estimate of drug-likeness (QED) is 0.580. The highest BCUT2D eigenvalue weighted by Crippen LogP contribution is 2.20. The van der Waals surface area contributed by atoms with Gasteiger partial charge >= 0.3 is 0 Å². The van der Waals surface area contributed by atoms with Gasteiger partial charge in [-0.05, 0) is 44.9 Å². The van der Waals surface area contributed by atoms with Crippen molar-refractivity contribution in [2.45, 2.75) is 110 Å². The molecule has 1 saturated heterocycles. The number of nitrogens with one attached hydrogen (secondary N) is 1. The smallest absolute Gasteiger partial charge is 0.00668 e. The van der Waals surface area contributed by atoms with E-state index in [1.807, 2.05) is 0 Å². The Morgan fingerprint density at radius 2 is 1.15 bits per heavy atom. The van der Waals surface area contributed by atoms with Crippen LogP contribution >= 0.6 is 0 Å². The minimum Gasteiger partial charge on any atom is -0.312 e. The number of hydrogen-bond donors (Lipinski definition) is 1. The molecule has 1 aliphatic heterocycles. The fraction of sp³-hybridized carbons (Fsp3) is 1.00. The molecule has 0 radical (unpaired) electrons. The van der Waals surface area contributed by atoms with E-state index in [1.165, 1.54) is 70.6 Å². The highest BCUT2D eigenvalue weighted by atomic mass is 14.9. The third-order valence-corrected chi connectivity index (χ3v) is 5.35. The number of rotatable bonds is 0. The van der Waals surface area contributed by atoms with Gasteiger partial charge in [0.05, 0.1) is 0 Å². The van der Waals surface area contributed by atoms with E-state index in [1.54, 1.807) is 0 Å². The molecular weight excluding hydrogens is 242 g/mol. The molecule has 1 N–H and O–H groups in total. The number of hydrogen-bond acceptors (Lipinski definition) is 1. The van der Waals surface area contributed by atoms with E-state index in [9.17, 15) is 0 Å². The first-order valence-electron chi connectivity index (χ1n) is 9.35. The van der Waals surface area contributed by atoms with Gasteiger partial charge in [-0.2, -0.15) is 0 Å². The van der Waals surface area contributed by atoms with Crippen molar-refractivity contribution in [1.29, 1.82) is 0 Å². The van der Waals surface area contributed by atoms with E-state index in [0.717, 1.165) is 11.8 Å². The predicted octanol–water partition coefficient (Wildman–Crippen LogP) is 5.93. The van der Waals surface area contributed by atoms with E-state index in [-0.39, 0.29) is 0 Å². The van der Waals surface area contributed by atoms with Crippen molar-refractivity contribution in [3.05, 3.63) is 0 Å². The zero-order valence-corrected chi connectivity index (χ0v) is 14.6. The van der Waals surface area contributed by atoms with Crippen molar-refractivity contribution in [2.24, 2.45) is 11.8 Å². The maximum atomic E-state index is 3.83. The summed E-state index contributed by atoms with van der Waals surface area (Å²) in [6, 6.07) is 1.36. The van der Waals surface area contributed by atoms with Crippen LogP contribution in [0.3, 0.4) is 0 Å². The van der Waals surface area contributed by atoms with Gasteiger partial charge in [-0.15, -0.1) is 0 Å². The highest BCUT2D eigenvalue weighted by Gasteiger charge is 2.15. The average Bonchev–Trinajstić information content (AvgIpc) is 2.42. The van der Waals surface area contributed by atoms with Crippen LogP contribution in [0.25, 0.3) is 0 Å². The standard InChI is InChI=1S/C19H39N/c1-16-12-10-8-6-5-7-9-11-13-17(2)19(4)20-18(3)15-14-16/h16-20H,5-15H2,1-4H3. The van der Waals surface area contributed by atoms with Gasteiger partial charge in [0.1, 0.15) is 0 Å². The van der Waals surface area contributed by atoms with Crippen molar-refractivity contribution < 1.29 is 0 Å². The van der Waals surface area contributed by atoms with Gasteiger partial charge in [0.15, 0.2) is 0 Å². The van der Waals surface area contributed by atoms with Crippen LogP contribution in [0, 0.1) is 11.8 Å². The summed E-state index contributed by atoms with van der Waals surface area (Å²) in [5.74, 6) is 1.74. The molecule has 0 aromatic rings. The minimum absolute atomic E-state index is 0.674. The molecule has 0 aromatic carbocycles. The topological polar surface area (TPSA) is 12.0 Å². The van der Waals surface area contributed by atoms with Crippen molar-refractivity contribution in [3.8, 4) is 0 Å². The summed E-state index contributed by atoms with van der Waals surface area (Å²) in [5, 5.41) is 3.83. The van der Waals surface area contributed by atoms with Crippen LogP contribution in [0.2, 0.25) is 0 Å². The molecule has 0 aliphatic carbocycles. The van der Waals surface area contributed by atoms with Crippen molar-refractivity contribution in [2.75, 3.05) is 0 Å². The van der Waals surface area contributed by atoms with Crippen LogP contribution in [0.15, 0.2) is 0 Å². The Labute approximate surface area is 128 Å². The molecule has 0 spiro atoms. The van der Waals surface area contributed by atoms with Crippen LogP contribution in [-0.4, -0.2) is 12.1 Å². The average molecular weight is 282 g/mol. The second kappa shape index (κ2) is 10.7. The van der Waals surface area contributed by atoms with Crippen molar-refractivity contribution >= 4 is 0 Å². The Morgan fingerprint density at radius 1 is 0.600 bits per heavy atom. The Kier molecular flexibility index (Phi) is 9.59. The van der Waals surface area contributed by atoms with Crippen LogP contribution in [0.5, 0.6) is 0 Å². The Balaban J connectivity index is 2.38. The Morgan fingerprint density at radius 3 is 1.80 bits per heavy atom. The van der Waals surface area contributed by atoms with Crippen molar-refractivity contribution in [3.63, 3.8) is 0 Å². The van der Waals surface area contributed by atoms with E-state index in [4.69, 9.17) is 0 Å². The molecule has 1 rings (SSSR count). The molecule has 1 aliphatic rings. The SMILES string of the molecule is CC1CCCCCCCCCC(C)C(C)NC(C)CC1. The third-order valence-electron chi connectivity index (χ3n) is 5.35. The summed E-state index contributed by atoms with van der Waals surface area (Å²) in [6.07, 6.45) is 15.8. The van der Waals surface area contributed by atoms with E-state index in [2.05, 4.69) is 33.0 Å². The van der Waals surface area contributed by atoms with Crippen molar-refractivity contribution in [1.82, 2.24) is 5.32 Å². The molecule has 120 valence electrons. The summed E-state index contributed by atoms with van der Waals surface area (Å²) in [5.41, 5.74) is 0. The molecule has 0 saturated carbocycles. The van der Waals surface area contributed by atoms with Crippen LogP contribution in [-0.2, 0) is 0 Å². The molecule has 1 fully saturated rings. The lowest BCUT2D eigenvalue weighted by Gasteiger charge is -2.26. The lowest BCUT2D eigenvalue weighted by Crippen LogP contribution is -2.38. The zero-order chi connectivity index (χ0) is 14.8. The lowest BCUT2D eigenvalue weighted by atomic mass is 9.92. The maximum Gasteiger partial charge on any atom is 0.00668 e. The largest absolute Gasteiger partial charge is 0.312 e. The highest BCUT2D eigenvalue weighted by molar-refractivity contribution is 4.73. The molecule has 0 aromatic heterocycles. The van der Waals surface area contributed by atoms with E-state index >= 15 is 0 Å². The van der Waals surface area contributed by atoms with Crippen LogP contribution < -0.4 is 5.32 Å². The minimum atomic E-state index is 0.674. The van der Waals surface area contributed by atoms with Crippen LogP contribution in [0.4, 0.5) is 0 Å². The summed E-state index contributed by atoms with van der Waals surface area (Å²) < 4.78 is 0. The van der Waals surface area contributed by atoms with Gasteiger partial charge < -0.3 is 5.32 Å². The van der Waals surface area contributed by atoms with Crippen LogP contribution in [0.1, 0.15) is 98.3 Å². The Bertz CT molecular complexity index is 226. The predicted molar refractivity (Wildman–Crippen MR) is 91.2 cm³/mol. The molecule has 0 bridgehead atoms. The molecular formula is C19H39N. The normalized spacial score (nSPS) is 36.6. The van der Waals surface area contributed by atoms with Gasteiger partial charge in [0, 0.05) is 12.1 Å². The van der Waals surface area contributed by atoms with Gasteiger partial charge in [-0.1, -0.05) is 65.2 Å². The zero-order valence-electron chi connectivity index (χ0n) is 14.6. The summed E-state index contributed by atoms with van der Waals surface area (Å²) in [6.45, 7) is 9.63. The lowest BCUT2D eigenvalue weighted by molar-refractivity contribution is 0.315. The van der Waals surface area contributed by atoms with Gasteiger partial charge in [0.2, 0.25) is 0 Å². The monoisotopic (exact) mass is 281 g/mol. The van der Waals surface area contributed by atoms with E-state index in [0.29, 0.717) is 12.1 Å². The molecule has 4 unspecified atom stereocenters. The van der Waals surface area contributed by atoms with Gasteiger partial charge in [-0.3, -0.25) is 0 Å². The molecule has 0 amide bonds. The molecule has 1 heteroatoms. The molecule has 20 heavy (non-hydrogen) atoms. The fourth-order valence-electron chi connectivity index (χ4n) is 3.47. The summed E-state index contributed by atoms with van der Waals surface area (Å²) in [7, 11) is 0. The molecule has 1 nitrogen and oxygen atoms in total. The second-order valence-electron chi connectivity index (χ2n) is 7.57. The third kappa shape index (κ3) is 8.29. The summed E-state index contributed by atoms with van der Waals surface area (Å²) in [4.78, 5) is 0. The fourth-order valence-corrected chi connectivity index (χ4v) is 3.47.